The van der Waals surface area contributed by atoms with Crippen molar-refractivity contribution in [2.75, 3.05) is 0 Å². The predicted octanol–water partition coefficient (Wildman–Crippen LogP) is 2.93. The van der Waals surface area contributed by atoms with E-state index < -0.39 is 0 Å². The van der Waals surface area contributed by atoms with Crippen LogP contribution in [0.3, 0.4) is 0 Å². The van der Waals surface area contributed by atoms with Crippen molar-refractivity contribution in [3.63, 3.8) is 0 Å². The lowest BCUT2D eigenvalue weighted by Crippen LogP contribution is -1.99. The number of hydrogen-bond donors (Lipinski definition) is 0. The van der Waals surface area contributed by atoms with Crippen LogP contribution in [0.1, 0.15) is 11.4 Å². The molecule has 0 aliphatic rings. The van der Waals surface area contributed by atoms with E-state index >= 15 is 0 Å². The van der Waals surface area contributed by atoms with Gasteiger partial charge < -0.3 is 0 Å². The Labute approximate surface area is 113 Å². The maximum absolute atomic E-state index is 4.28. The Morgan fingerprint density at radius 1 is 1.11 bits per heavy atom. The van der Waals surface area contributed by atoms with Gasteiger partial charge in [-0.1, -0.05) is 6.07 Å². The Balaban J connectivity index is 1.77. The van der Waals surface area contributed by atoms with E-state index in [1.807, 2.05) is 12.1 Å². The normalized spacial score (nSPS) is 11.4. The van der Waals surface area contributed by atoms with Crippen LogP contribution in [0.5, 0.6) is 0 Å². The summed E-state index contributed by atoms with van der Waals surface area (Å²) in [5.74, 6) is 0.866. The maximum atomic E-state index is 4.28. The second-order valence-electron chi connectivity index (χ2n) is 4.38. The smallest absolute Gasteiger partial charge is 0.177 e. The van der Waals surface area contributed by atoms with Crippen molar-refractivity contribution >= 4 is 27.1 Å². The van der Waals surface area contributed by atoms with Crippen LogP contribution in [0.4, 0.5) is 0 Å². The highest BCUT2D eigenvalue weighted by atomic mass is 32.1. The molecule has 0 radical (unpaired) electrons. The topological polar surface area (TPSA) is 43.1 Å². The number of fused-ring (bicyclic) bond motifs is 2. The fourth-order valence-electron chi connectivity index (χ4n) is 2.21. The van der Waals surface area contributed by atoms with E-state index in [1.54, 1.807) is 22.0 Å². The molecule has 0 saturated heterocycles. The van der Waals surface area contributed by atoms with Gasteiger partial charge >= 0.3 is 0 Å². The molecule has 0 aliphatic carbocycles. The first-order valence-electron chi connectivity index (χ1n) is 6.01. The minimum absolute atomic E-state index is 0.740. The summed E-state index contributed by atoms with van der Waals surface area (Å²) in [6, 6.07) is 12.4. The fraction of sp³-hybridized carbons (Fsp3) is 0.0714. The van der Waals surface area contributed by atoms with Gasteiger partial charge in [0.1, 0.15) is 0 Å². The van der Waals surface area contributed by atoms with Crippen LogP contribution in [0.2, 0.25) is 0 Å². The van der Waals surface area contributed by atoms with Crippen molar-refractivity contribution < 1.29 is 0 Å². The number of nitrogens with zero attached hydrogens (tertiary/aromatic N) is 4. The zero-order valence-electron chi connectivity index (χ0n) is 10.0. The van der Waals surface area contributed by atoms with Gasteiger partial charge in [0.15, 0.2) is 11.5 Å². The SMILES string of the molecule is c1cnn2c(Cc3ccc4sccc4c3)nnc2c1. The second kappa shape index (κ2) is 4.13. The molecule has 0 amide bonds. The molecule has 4 nitrogen and oxygen atoms in total. The molecular formula is C14H10N4S. The Morgan fingerprint density at radius 2 is 2.11 bits per heavy atom. The summed E-state index contributed by atoms with van der Waals surface area (Å²) in [6.45, 7) is 0. The molecule has 0 N–H and O–H groups in total. The average molecular weight is 266 g/mol. The number of thiophene rings is 1. The van der Waals surface area contributed by atoms with Crippen LogP contribution in [0, 0.1) is 0 Å². The molecule has 0 fully saturated rings. The van der Waals surface area contributed by atoms with E-state index in [4.69, 9.17) is 0 Å². The van der Waals surface area contributed by atoms with Crippen LogP contribution in [0.15, 0.2) is 48.0 Å². The van der Waals surface area contributed by atoms with Gasteiger partial charge in [-0.05, 0) is 46.7 Å². The molecule has 1 aromatic carbocycles. The number of rotatable bonds is 2. The number of benzene rings is 1. The van der Waals surface area contributed by atoms with Gasteiger partial charge in [-0.2, -0.15) is 9.61 Å². The quantitative estimate of drug-likeness (QED) is 0.560. The van der Waals surface area contributed by atoms with E-state index in [0.29, 0.717) is 0 Å². The first-order valence-corrected chi connectivity index (χ1v) is 6.89. The summed E-state index contributed by atoms with van der Waals surface area (Å²) in [4.78, 5) is 0. The largest absolute Gasteiger partial charge is 0.197 e. The third-order valence-corrected chi connectivity index (χ3v) is 4.02. The highest BCUT2D eigenvalue weighted by Gasteiger charge is 2.07. The average Bonchev–Trinajstić information content (AvgIpc) is 3.06. The van der Waals surface area contributed by atoms with Crippen molar-refractivity contribution in [2.24, 2.45) is 0 Å². The molecule has 0 atom stereocenters. The van der Waals surface area contributed by atoms with Crippen molar-refractivity contribution in [3.8, 4) is 0 Å². The van der Waals surface area contributed by atoms with Gasteiger partial charge in [0.2, 0.25) is 0 Å². The van der Waals surface area contributed by atoms with Crippen molar-refractivity contribution in [1.29, 1.82) is 0 Å². The van der Waals surface area contributed by atoms with E-state index in [-0.39, 0.29) is 0 Å². The summed E-state index contributed by atoms with van der Waals surface area (Å²) in [5, 5.41) is 16.0. The zero-order valence-corrected chi connectivity index (χ0v) is 10.8. The summed E-state index contributed by atoms with van der Waals surface area (Å²) < 4.78 is 3.10. The first-order chi connectivity index (χ1) is 9.40. The fourth-order valence-corrected chi connectivity index (χ4v) is 2.98. The molecule has 0 saturated carbocycles. The lowest BCUT2D eigenvalue weighted by Gasteiger charge is -2.00. The Bertz CT molecular complexity index is 862. The van der Waals surface area contributed by atoms with E-state index in [9.17, 15) is 0 Å². The van der Waals surface area contributed by atoms with Gasteiger partial charge in [-0.15, -0.1) is 21.5 Å². The van der Waals surface area contributed by atoms with Crippen molar-refractivity contribution in [2.45, 2.75) is 6.42 Å². The molecule has 3 aromatic heterocycles. The molecule has 0 unspecified atom stereocenters. The summed E-state index contributed by atoms with van der Waals surface area (Å²) in [7, 11) is 0. The molecule has 92 valence electrons. The molecule has 4 aromatic rings. The van der Waals surface area contributed by atoms with Gasteiger partial charge in [-0.25, -0.2) is 0 Å². The highest BCUT2D eigenvalue weighted by molar-refractivity contribution is 7.17. The van der Waals surface area contributed by atoms with Crippen LogP contribution in [-0.4, -0.2) is 19.8 Å². The molecule has 0 bridgehead atoms. The molecule has 5 heteroatoms. The Hall–Kier alpha value is -2.27. The molecule has 3 heterocycles. The third-order valence-electron chi connectivity index (χ3n) is 3.12. The van der Waals surface area contributed by atoms with Gasteiger partial charge in [-0.3, -0.25) is 0 Å². The van der Waals surface area contributed by atoms with Gasteiger partial charge in [0.05, 0.1) is 0 Å². The van der Waals surface area contributed by atoms with Crippen molar-refractivity contribution in [1.82, 2.24) is 19.8 Å². The van der Waals surface area contributed by atoms with Crippen LogP contribution in [-0.2, 0) is 6.42 Å². The predicted molar refractivity (Wildman–Crippen MR) is 75.4 cm³/mol. The maximum Gasteiger partial charge on any atom is 0.177 e. The molecule has 4 rings (SSSR count). The second-order valence-corrected chi connectivity index (χ2v) is 5.33. The highest BCUT2D eigenvalue weighted by Crippen LogP contribution is 2.22. The van der Waals surface area contributed by atoms with Crippen LogP contribution < -0.4 is 0 Å². The van der Waals surface area contributed by atoms with Crippen molar-refractivity contribution in [3.05, 3.63) is 59.4 Å². The van der Waals surface area contributed by atoms with Gasteiger partial charge in [0.25, 0.3) is 0 Å². The van der Waals surface area contributed by atoms with E-state index in [0.717, 1.165) is 17.9 Å². The zero-order chi connectivity index (χ0) is 12.7. The monoisotopic (exact) mass is 266 g/mol. The minimum atomic E-state index is 0.740. The summed E-state index contributed by atoms with van der Waals surface area (Å²) in [5.41, 5.74) is 2.01. The number of hydrogen-bond acceptors (Lipinski definition) is 4. The van der Waals surface area contributed by atoms with E-state index in [2.05, 4.69) is 44.9 Å². The Kier molecular flexibility index (Phi) is 2.31. The van der Waals surface area contributed by atoms with E-state index in [1.165, 1.54) is 15.6 Å². The minimum Gasteiger partial charge on any atom is -0.197 e. The summed E-state index contributed by atoms with van der Waals surface area (Å²) in [6.07, 6.45) is 2.49. The standard InChI is InChI=1S/C14H10N4S/c1-2-13-16-17-14(18(13)15-6-1)9-10-3-4-12-11(8-10)5-7-19-12/h1-8H,9H2. The molecule has 19 heavy (non-hydrogen) atoms. The lowest BCUT2D eigenvalue weighted by atomic mass is 10.1. The Morgan fingerprint density at radius 3 is 3.11 bits per heavy atom. The van der Waals surface area contributed by atoms with Gasteiger partial charge in [0, 0.05) is 17.3 Å². The first kappa shape index (κ1) is 10.6. The molecule has 0 spiro atoms. The van der Waals surface area contributed by atoms with Crippen LogP contribution >= 0.6 is 11.3 Å². The summed E-state index contributed by atoms with van der Waals surface area (Å²) >= 11 is 1.76. The molecular weight excluding hydrogens is 256 g/mol. The van der Waals surface area contributed by atoms with Crippen LogP contribution in [0.25, 0.3) is 15.7 Å². The molecule has 0 aliphatic heterocycles. The lowest BCUT2D eigenvalue weighted by molar-refractivity contribution is 0.838. The third kappa shape index (κ3) is 1.79. The number of aromatic nitrogens is 4.